The van der Waals surface area contributed by atoms with E-state index in [0.717, 1.165) is 24.3 Å². The van der Waals surface area contributed by atoms with E-state index in [1.165, 1.54) is 18.2 Å². The van der Waals surface area contributed by atoms with Gasteiger partial charge in [0.05, 0.1) is 12.2 Å². The number of alkyl halides is 4. The van der Waals surface area contributed by atoms with Crippen molar-refractivity contribution in [2.75, 3.05) is 11.9 Å². The molecule has 0 aliphatic carbocycles. The van der Waals surface area contributed by atoms with Gasteiger partial charge in [0.1, 0.15) is 11.6 Å². The van der Waals surface area contributed by atoms with Gasteiger partial charge in [0, 0.05) is 5.69 Å². The molecule has 2 amide bonds. The summed E-state index contributed by atoms with van der Waals surface area (Å²) in [5.74, 6) is -1.40. The Balaban J connectivity index is 2.11. The first-order chi connectivity index (χ1) is 13.2. The number of hydrogen-bond acceptors (Lipinski definition) is 3. The summed E-state index contributed by atoms with van der Waals surface area (Å²) in [7, 11) is 0. The number of nitrogens with one attached hydrogen (secondary N) is 1. The molecule has 0 fully saturated rings. The lowest BCUT2D eigenvalue weighted by molar-refractivity contribution is -0.253. The fraction of sp³-hybridized carbons (Fsp3) is 0.222. The number of carbonyl (C=O) groups is 1. The summed E-state index contributed by atoms with van der Waals surface area (Å²) in [5, 5.41) is 2.31. The summed E-state index contributed by atoms with van der Waals surface area (Å²) in [4.78, 5) is 15.7. The molecule has 150 valence electrons. The second-order valence-corrected chi connectivity index (χ2v) is 5.25. The van der Waals surface area contributed by atoms with E-state index >= 15 is 0 Å². The maximum Gasteiger partial charge on any atom is 0.461 e. The lowest BCUT2D eigenvalue weighted by atomic mass is 10.2. The van der Waals surface area contributed by atoms with Crippen LogP contribution in [0.15, 0.2) is 53.5 Å². The molecule has 0 radical (unpaired) electrons. The summed E-state index contributed by atoms with van der Waals surface area (Å²) in [6, 6.07) is 8.87. The van der Waals surface area contributed by atoms with Gasteiger partial charge in [-0.05, 0) is 43.3 Å². The molecule has 2 aromatic carbocycles. The molecule has 2 aromatic rings. The lowest BCUT2D eigenvalue weighted by Crippen LogP contribution is -2.33. The second-order valence-electron chi connectivity index (χ2n) is 5.25. The molecule has 0 aliphatic rings. The zero-order valence-corrected chi connectivity index (χ0v) is 14.5. The highest BCUT2D eigenvalue weighted by Gasteiger charge is 2.43. The Morgan fingerprint density at radius 2 is 1.79 bits per heavy atom. The molecule has 5 nitrogen and oxygen atoms in total. The number of benzene rings is 2. The predicted molar refractivity (Wildman–Crippen MR) is 91.6 cm³/mol. The number of halogens is 5. The molecular formula is C18H15F5N2O3. The van der Waals surface area contributed by atoms with Gasteiger partial charge < -0.3 is 14.8 Å². The number of nitrogens with zero attached hydrogens (tertiary/aromatic N) is 1. The molecule has 0 aliphatic heterocycles. The number of hydrogen-bond donors (Lipinski definition) is 1. The quantitative estimate of drug-likeness (QED) is 0.417. The van der Waals surface area contributed by atoms with Crippen molar-refractivity contribution in [3.63, 3.8) is 0 Å². The van der Waals surface area contributed by atoms with Gasteiger partial charge in [-0.25, -0.2) is 9.18 Å². The zero-order valence-electron chi connectivity index (χ0n) is 14.5. The van der Waals surface area contributed by atoms with E-state index in [1.807, 2.05) is 0 Å². The summed E-state index contributed by atoms with van der Waals surface area (Å²) < 4.78 is 72.9. The van der Waals surface area contributed by atoms with Gasteiger partial charge in [-0.3, -0.25) is 0 Å². The van der Waals surface area contributed by atoms with E-state index in [0.29, 0.717) is 0 Å². The Hall–Kier alpha value is -3.17. The fourth-order valence-electron chi connectivity index (χ4n) is 1.99. The third-order valence-electron chi connectivity index (χ3n) is 3.20. The van der Waals surface area contributed by atoms with Crippen molar-refractivity contribution >= 4 is 17.6 Å². The van der Waals surface area contributed by atoms with Crippen molar-refractivity contribution in [2.45, 2.75) is 19.5 Å². The van der Waals surface area contributed by atoms with Crippen LogP contribution in [0.1, 0.15) is 12.5 Å². The molecule has 0 aromatic heterocycles. The SMILES string of the molecule is CCO/C(=N\C(=O)Nc1ccc(OC(F)(F)C(F)F)cc1)c1ccccc1F. The normalized spacial score (nSPS) is 12.0. The second kappa shape index (κ2) is 9.16. The summed E-state index contributed by atoms with van der Waals surface area (Å²) in [6.07, 6.45) is -8.63. The average Bonchev–Trinajstić information content (AvgIpc) is 2.63. The van der Waals surface area contributed by atoms with Crippen molar-refractivity contribution < 1.29 is 36.2 Å². The fourth-order valence-corrected chi connectivity index (χ4v) is 1.99. The van der Waals surface area contributed by atoms with Gasteiger partial charge in [-0.15, -0.1) is 0 Å². The van der Waals surface area contributed by atoms with Crippen molar-refractivity contribution in [3.8, 4) is 5.75 Å². The molecule has 0 unspecified atom stereocenters. The van der Waals surface area contributed by atoms with Crippen LogP contribution in [0.3, 0.4) is 0 Å². The Morgan fingerprint density at radius 3 is 2.36 bits per heavy atom. The summed E-state index contributed by atoms with van der Waals surface area (Å²) >= 11 is 0. The number of ether oxygens (including phenoxy) is 2. The van der Waals surface area contributed by atoms with Gasteiger partial charge in [0.15, 0.2) is 0 Å². The van der Waals surface area contributed by atoms with Gasteiger partial charge in [-0.2, -0.15) is 22.6 Å². The van der Waals surface area contributed by atoms with Crippen LogP contribution in [0.5, 0.6) is 5.75 Å². The molecule has 2 rings (SSSR count). The number of rotatable bonds is 6. The number of urea groups is 1. The van der Waals surface area contributed by atoms with Crippen LogP contribution in [-0.2, 0) is 4.74 Å². The van der Waals surface area contributed by atoms with Crippen LogP contribution in [0.4, 0.5) is 32.4 Å². The Kier molecular flexibility index (Phi) is 6.91. The molecule has 0 atom stereocenters. The molecule has 28 heavy (non-hydrogen) atoms. The molecule has 0 saturated carbocycles. The van der Waals surface area contributed by atoms with E-state index < -0.39 is 30.1 Å². The predicted octanol–water partition coefficient (Wildman–Crippen LogP) is 5.08. The molecule has 0 spiro atoms. The van der Waals surface area contributed by atoms with Gasteiger partial charge >= 0.3 is 18.6 Å². The summed E-state index contributed by atoms with van der Waals surface area (Å²) in [6.45, 7) is 1.76. The van der Waals surface area contributed by atoms with Crippen molar-refractivity contribution in [3.05, 3.63) is 59.9 Å². The highest BCUT2D eigenvalue weighted by atomic mass is 19.3. The molecular weight excluding hydrogens is 387 g/mol. The molecule has 0 bridgehead atoms. The Morgan fingerprint density at radius 1 is 1.14 bits per heavy atom. The lowest BCUT2D eigenvalue weighted by Gasteiger charge is -2.16. The van der Waals surface area contributed by atoms with E-state index in [1.54, 1.807) is 13.0 Å². The molecule has 1 N–H and O–H groups in total. The first kappa shape index (κ1) is 21.1. The van der Waals surface area contributed by atoms with E-state index in [-0.39, 0.29) is 23.8 Å². The monoisotopic (exact) mass is 402 g/mol. The largest absolute Gasteiger partial charge is 0.477 e. The number of amides is 2. The first-order valence-electron chi connectivity index (χ1n) is 7.95. The van der Waals surface area contributed by atoms with Gasteiger partial charge in [0.2, 0.25) is 5.90 Å². The van der Waals surface area contributed by atoms with Crippen molar-refractivity contribution in [1.82, 2.24) is 0 Å². The van der Waals surface area contributed by atoms with Crippen LogP contribution >= 0.6 is 0 Å². The average molecular weight is 402 g/mol. The standard InChI is InChI=1S/C18H15F5N2O3/c1-2-27-15(13-5-3-4-6-14(13)19)25-17(26)24-11-7-9-12(10-8-11)28-18(22,23)16(20)21/h3-10,16H,2H2,1H3,(H,24,26)/b25-15-. The van der Waals surface area contributed by atoms with E-state index in [2.05, 4.69) is 15.0 Å². The van der Waals surface area contributed by atoms with Crippen LogP contribution in [0.25, 0.3) is 0 Å². The minimum Gasteiger partial charge on any atom is -0.477 e. The number of carbonyl (C=O) groups excluding carboxylic acids is 1. The van der Waals surface area contributed by atoms with E-state index in [9.17, 15) is 26.7 Å². The Labute approximate surface area is 156 Å². The highest BCUT2D eigenvalue weighted by Crippen LogP contribution is 2.28. The zero-order chi connectivity index (χ0) is 20.7. The molecule has 10 heteroatoms. The smallest absolute Gasteiger partial charge is 0.461 e. The first-order valence-corrected chi connectivity index (χ1v) is 7.95. The van der Waals surface area contributed by atoms with Crippen molar-refractivity contribution in [1.29, 1.82) is 0 Å². The van der Waals surface area contributed by atoms with Crippen LogP contribution in [-0.4, -0.2) is 31.1 Å². The maximum atomic E-state index is 13.9. The van der Waals surface area contributed by atoms with Gasteiger partial charge in [-0.1, -0.05) is 12.1 Å². The Bertz CT molecular complexity index is 841. The summed E-state index contributed by atoms with van der Waals surface area (Å²) in [5.41, 5.74) is 0.100. The number of anilines is 1. The highest BCUT2D eigenvalue weighted by molar-refractivity contribution is 6.04. The van der Waals surface area contributed by atoms with Crippen molar-refractivity contribution in [2.24, 2.45) is 4.99 Å². The van der Waals surface area contributed by atoms with Crippen LogP contribution < -0.4 is 10.1 Å². The van der Waals surface area contributed by atoms with Gasteiger partial charge in [0.25, 0.3) is 0 Å². The third kappa shape index (κ3) is 5.66. The third-order valence-corrected chi connectivity index (χ3v) is 3.20. The minimum atomic E-state index is -4.64. The minimum absolute atomic E-state index is 0.0162. The van der Waals surface area contributed by atoms with E-state index in [4.69, 9.17) is 4.74 Å². The van der Waals surface area contributed by atoms with Crippen LogP contribution in [0, 0.1) is 5.82 Å². The molecule has 0 heterocycles. The maximum absolute atomic E-state index is 13.9. The molecule has 0 saturated heterocycles. The van der Waals surface area contributed by atoms with Crippen LogP contribution in [0.2, 0.25) is 0 Å². The number of aliphatic imine (C=N–C) groups is 1. The topological polar surface area (TPSA) is 59.9 Å².